The number of aromatic nitrogens is 1. The Hall–Kier alpha value is -1.83. The van der Waals surface area contributed by atoms with E-state index in [-0.39, 0.29) is 10.8 Å². The van der Waals surface area contributed by atoms with Crippen molar-refractivity contribution in [1.82, 2.24) is 4.98 Å². The minimum Gasteiger partial charge on any atom is -0.496 e. The van der Waals surface area contributed by atoms with E-state index < -0.39 is 0 Å². The highest BCUT2D eigenvalue weighted by Gasteiger charge is 2.29. The molecule has 0 unspecified atom stereocenters. The number of rotatable bonds is 4. The normalized spacial score (nSPS) is 12.8. The van der Waals surface area contributed by atoms with Gasteiger partial charge in [0, 0.05) is 23.5 Å². The number of ether oxygens (including phenoxy) is 1. The molecule has 0 saturated carbocycles. The first-order valence-corrected chi connectivity index (χ1v) is 10.5. The molecule has 0 saturated heterocycles. The highest BCUT2D eigenvalue weighted by molar-refractivity contribution is 5.75. The Labute approximate surface area is 172 Å². The van der Waals surface area contributed by atoms with Gasteiger partial charge in [-0.1, -0.05) is 69.2 Å². The molecule has 1 aromatic heterocycles. The summed E-state index contributed by atoms with van der Waals surface area (Å²) in [5.74, 6) is 1.86. The number of hydrogen-bond acceptors (Lipinski definition) is 2. The van der Waals surface area contributed by atoms with Crippen LogP contribution in [0.15, 0.2) is 24.5 Å². The fraction of sp³-hybridized carbons (Fsp3) is 0.577. The first-order chi connectivity index (χ1) is 12.8. The zero-order valence-electron chi connectivity index (χ0n) is 19.8. The van der Waals surface area contributed by atoms with Crippen molar-refractivity contribution >= 4 is 0 Å². The lowest BCUT2D eigenvalue weighted by molar-refractivity contribution is 0.381. The molecule has 2 heteroatoms. The molecule has 0 radical (unpaired) electrons. The molecule has 1 heterocycles. The van der Waals surface area contributed by atoms with Crippen molar-refractivity contribution in [3.8, 4) is 16.9 Å². The topological polar surface area (TPSA) is 22.1 Å². The number of hydrogen-bond donors (Lipinski definition) is 0. The van der Waals surface area contributed by atoms with Crippen LogP contribution < -0.4 is 4.74 Å². The molecule has 0 spiro atoms. The molecular weight excluding hydrogens is 342 g/mol. The summed E-state index contributed by atoms with van der Waals surface area (Å²) >= 11 is 0. The summed E-state index contributed by atoms with van der Waals surface area (Å²) < 4.78 is 5.96. The summed E-state index contributed by atoms with van der Waals surface area (Å²) in [7, 11) is 1.80. The van der Waals surface area contributed by atoms with Crippen LogP contribution >= 0.6 is 0 Å². The Bertz CT molecular complexity index is 771. The number of nitrogens with zero attached hydrogens (tertiary/aromatic N) is 1. The maximum Gasteiger partial charge on any atom is 0.126 e. The molecule has 0 fully saturated rings. The van der Waals surface area contributed by atoms with Gasteiger partial charge in [-0.3, -0.25) is 4.98 Å². The Balaban J connectivity index is 2.99. The molecule has 154 valence electrons. The van der Waals surface area contributed by atoms with E-state index >= 15 is 0 Å². The van der Waals surface area contributed by atoms with E-state index in [4.69, 9.17) is 4.74 Å². The van der Waals surface area contributed by atoms with Gasteiger partial charge >= 0.3 is 0 Å². The van der Waals surface area contributed by atoms with Gasteiger partial charge in [0.15, 0.2) is 0 Å². The molecule has 0 amide bonds. The Morgan fingerprint density at radius 3 is 1.43 bits per heavy atom. The Morgan fingerprint density at radius 1 is 0.750 bits per heavy atom. The minimum atomic E-state index is -0.00955. The zero-order chi connectivity index (χ0) is 21.4. The third-order valence-electron chi connectivity index (χ3n) is 5.45. The van der Waals surface area contributed by atoms with Gasteiger partial charge in [-0.2, -0.15) is 0 Å². The summed E-state index contributed by atoms with van der Waals surface area (Å²) in [4.78, 5) is 4.56. The van der Waals surface area contributed by atoms with Gasteiger partial charge in [0.25, 0.3) is 0 Å². The van der Waals surface area contributed by atoms with Crippen molar-refractivity contribution in [2.45, 2.75) is 91.9 Å². The van der Waals surface area contributed by atoms with Crippen LogP contribution in [-0.4, -0.2) is 12.1 Å². The highest BCUT2D eigenvalue weighted by atomic mass is 16.5. The van der Waals surface area contributed by atoms with Gasteiger partial charge in [-0.15, -0.1) is 0 Å². The smallest absolute Gasteiger partial charge is 0.126 e. The average Bonchev–Trinajstić information content (AvgIpc) is 2.58. The van der Waals surface area contributed by atoms with Crippen LogP contribution in [0.2, 0.25) is 0 Å². The van der Waals surface area contributed by atoms with Gasteiger partial charge in [-0.05, 0) is 57.1 Å². The maximum atomic E-state index is 5.96. The molecule has 0 aliphatic rings. The quantitative estimate of drug-likeness (QED) is 0.544. The van der Waals surface area contributed by atoms with Crippen molar-refractivity contribution in [3.63, 3.8) is 0 Å². The molecule has 0 aliphatic carbocycles. The number of methoxy groups -OCH3 is 1. The molecule has 0 N–H and O–H groups in total. The van der Waals surface area contributed by atoms with E-state index in [1.54, 1.807) is 7.11 Å². The van der Waals surface area contributed by atoms with E-state index in [1.165, 1.54) is 33.4 Å². The largest absolute Gasteiger partial charge is 0.496 e. The third-order valence-corrected chi connectivity index (χ3v) is 5.45. The van der Waals surface area contributed by atoms with Gasteiger partial charge in [0.05, 0.1) is 7.11 Å². The van der Waals surface area contributed by atoms with Crippen LogP contribution in [0.1, 0.15) is 103 Å². The van der Waals surface area contributed by atoms with Crippen LogP contribution in [-0.2, 0) is 10.8 Å². The van der Waals surface area contributed by atoms with Crippen LogP contribution in [0.5, 0.6) is 5.75 Å². The predicted octanol–water partition coefficient (Wildman–Crippen LogP) is 7.60. The van der Waals surface area contributed by atoms with E-state index in [9.17, 15) is 0 Å². The second-order valence-electron chi connectivity index (χ2n) is 10.6. The molecule has 1 aromatic carbocycles. The van der Waals surface area contributed by atoms with Gasteiger partial charge < -0.3 is 4.74 Å². The molecule has 28 heavy (non-hydrogen) atoms. The summed E-state index contributed by atoms with van der Waals surface area (Å²) in [5, 5.41) is 0. The average molecular weight is 382 g/mol. The second-order valence-corrected chi connectivity index (χ2v) is 10.6. The predicted molar refractivity (Wildman–Crippen MR) is 122 cm³/mol. The lowest BCUT2D eigenvalue weighted by Gasteiger charge is -2.31. The van der Waals surface area contributed by atoms with Crippen LogP contribution in [0.3, 0.4) is 0 Å². The first-order valence-electron chi connectivity index (χ1n) is 10.5. The molecule has 2 nitrogen and oxygen atoms in total. The summed E-state index contributed by atoms with van der Waals surface area (Å²) in [6.45, 7) is 22.6. The minimum absolute atomic E-state index is 0.00955. The fourth-order valence-corrected chi connectivity index (χ4v) is 3.81. The van der Waals surface area contributed by atoms with E-state index in [2.05, 4.69) is 86.4 Å². The SMILES string of the molecule is COc1c(C(C)(C)C)cc(-c2c(C(C)C)cncc2C(C)C)cc1C(C)(C)C. The van der Waals surface area contributed by atoms with Crippen LogP contribution in [0.4, 0.5) is 0 Å². The lowest BCUT2D eigenvalue weighted by Crippen LogP contribution is -2.19. The van der Waals surface area contributed by atoms with E-state index in [1.807, 2.05) is 12.4 Å². The Kier molecular flexibility index (Phi) is 6.33. The third kappa shape index (κ3) is 4.42. The van der Waals surface area contributed by atoms with Crippen molar-refractivity contribution in [1.29, 1.82) is 0 Å². The van der Waals surface area contributed by atoms with Crippen LogP contribution in [0, 0.1) is 0 Å². The first kappa shape index (κ1) is 22.5. The molecule has 0 atom stereocenters. The van der Waals surface area contributed by atoms with Gasteiger partial charge in [-0.25, -0.2) is 0 Å². The second kappa shape index (κ2) is 7.89. The molecule has 2 aromatic rings. The maximum absolute atomic E-state index is 5.96. The zero-order valence-corrected chi connectivity index (χ0v) is 19.8. The molecule has 2 rings (SSSR count). The summed E-state index contributed by atoms with van der Waals surface area (Å²) in [5.41, 5.74) is 7.77. The van der Waals surface area contributed by atoms with Crippen molar-refractivity contribution in [2.24, 2.45) is 0 Å². The van der Waals surface area contributed by atoms with E-state index in [0.717, 1.165) is 5.75 Å². The van der Waals surface area contributed by atoms with E-state index in [0.29, 0.717) is 11.8 Å². The van der Waals surface area contributed by atoms with Crippen molar-refractivity contribution < 1.29 is 4.74 Å². The Morgan fingerprint density at radius 2 is 1.14 bits per heavy atom. The van der Waals surface area contributed by atoms with Gasteiger partial charge in [0.2, 0.25) is 0 Å². The standard InChI is InChI=1S/C26H39NO/c1-16(2)19-14-27-15-20(17(3)4)23(19)18-12-21(25(5,6)7)24(28-11)22(13-18)26(8,9)10/h12-17H,1-11H3. The molecule has 0 bridgehead atoms. The van der Waals surface area contributed by atoms with Crippen molar-refractivity contribution in [2.75, 3.05) is 7.11 Å². The monoisotopic (exact) mass is 381 g/mol. The molecule has 0 aliphatic heterocycles. The molecular formula is C26H39NO. The lowest BCUT2D eigenvalue weighted by atomic mass is 9.76. The fourth-order valence-electron chi connectivity index (χ4n) is 3.81. The number of pyridine rings is 1. The summed E-state index contributed by atoms with van der Waals surface area (Å²) in [6.07, 6.45) is 4.09. The van der Waals surface area contributed by atoms with Gasteiger partial charge in [0.1, 0.15) is 5.75 Å². The van der Waals surface area contributed by atoms with Crippen molar-refractivity contribution in [3.05, 3.63) is 46.8 Å². The number of benzene rings is 1. The highest BCUT2D eigenvalue weighted by Crippen LogP contribution is 2.45. The van der Waals surface area contributed by atoms with Crippen LogP contribution in [0.25, 0.3) is 11.1 Å². The summed E-state index contributed by atoms with van der Waals surface area (Å²) in [6, 6.07) is 4.70.